The molecule has 1 aromatic rings. The number of carboxylic acids is 1. The average molecular weight is 407 g/mol. The number of aliphatic hydroxyl groups excluding tert-OH is 1. The second-order valence-corrected chi connectivity index (χ2v) is 8.16. The van der Waals surface area contributed by atoms with Gasteiger partial charge < -0.3 is 14.9 Å². The van der Waals surface area contributed by atoms with Gasteiger partial charge in [0.1, 0.15) is 0 Å². The van der Waals surface area contributed by atoms with Crippen molar-refractivity contribution < 1.29 is 19.7 Å². The molecule has 0 bridgehead atoms. The maximum atomic E-state index is 10.7. The second kappa shape index (κ2) is 17.5. The van der Waals surface area contributed by atoms with E-state index in [1.54, 1.807) is 0 Å². The smallest absolute Gasteiger partial charge is 0.303 e. The lowest BCUT2D eigenvalue weighted by Crippen LogP contribution is -2.29. The molecule has 0 aromatic heterocycles. The quantitative estimate of drug-likeness (QED) is 0.257. The van der Waals surface area contributed by atoms with Crippen LogP contribution in [0.1, 0.15) is 102 Å². The highest BCUT2D eigenvalue weighted by Gasteiger charge is 2.19. The Balaban J connectivity index is 2.27. The molecule has 0 saturated carbocycles. The molecule has 0 aliphatic carbocycles. The summed E-state index contributed by atoms with van der Waals surface area (Å²) in [4.78, 5) is 10.7. The molecule has 0 amide bonds. The van der Waals surface area contributed by atoms with E-state index in [0.717, 1.165) is 31.2 Å². The lowest BCUT2D eigenvalue weighted by atomic mass is 9.99. The van der Waals surface area contributed by atoms with Gasteiger partial charge in [0.25, 0.3) is 0 Å². The van der Waals surface area contributed by atoms with Crippen LogP contribution in [0.25, 0.3) is 0 Å². The van der Waals surface area contributed by atoms with Crippen molar-refractivity contribution in [1.82, 2.24) is 0 Å². The van der Waals surface area contributed by atoms with Crippen LogP contribution in [-0.4, -0.2) is 28.4 Å². The van der Waals surface area contributed by atoms with Crippen molar-refractivity contribution in [3.63, 3.8) is 0 Å². The minimum atomic E-state index is -0.762. The molecule has 2 N–H and O–H groups in total. The van der Waals surface area contributed by atoms with Crippen molar-refractivity contribution in [3.8, 4) is 0 Å². The number of rotatable bonds is 19. The van der Waals surface area contributed by atoms with Gasteiger partial charge in [-0.1, -0.05) is 101 Å². The maximum Gasteiger partial charge on any atom is 0.303 e. The van der Waals surface area contributed by atoms with E-state index in [2.05, 4.69) is 6.92 Å². The van der Waals surface area contributed by atoms with Gasteiger partial charge in [-0.2, -0.15) is 0 Å². The zero-order valence-corrected chi connectivity index (χ0v) is 18.4. The van der Waals surface area contributed by atoms with E-state index >= 15 is 0 Å². The molecule has 0 saturated heterocycles. The topological polar surface area (TPSA) is 66.8 Å². The van der Waals surface area contributed by atoms with E-state index in [0.29, 0.717) is 19.4 Å². The Hall–Kier alpha value is -1.39. The molecule has 29 heavy (non-hydrogen) atoms. The van der Waals surface area contributed by atoms with Crippen LogP contribution in [0.15, 0.2) is 30.3 Å². The number of aliphatic hydroxyl groups is 1. The highest BCUT2D eigenvalue weighted by Crippen LogP contribution is 2.18. The third kappa shape index (κ3) is 14.3. The van der Waals surface area contributed by atoms with E-state index in [9.17, 15) is 9.90 Å². The van der Waals surface area contributed by atoms with Crippen LogP contribution in [0, 0.1) is 0 Å². The Morgan fingerprint density at radius 3 is 2.07 bits per heavy atom. The summed E-state index contributed by atoms with van der Waals surface area (Å²) in [6, 6.07) is 9.99. The van der Waals surface area contributed by atoms with Crippen molar-refractivity contribution in [2.45, 2.75) is 116 Å². The number of aliphatic carboxylic acids is 1. The van der Waals surface area contributed by atoms with Crippen molar-refractivity contribution in [2.75, 3.05) is 0 Å². The molecule has 2 atom stereocenters. The fraction of sp³-hybridized carbons (Fsp3) is 0.720. The standard InChI is InChI=1S/C25H42O4/c1-2-3-4-5-6-7-8-9-13-18-23(26)24(19-14-15-20-25(27)28)29-21-22-16-11-10-12-17-22/h10-12,16-17,23-24,26H,2-9,13-15,18-21H2,1H3,(H,27,28). The summed E-state index contributed by atoms with van der Waals surface area (Å²) in [5, 5.41) is 19.5. The molecule has 0 aliphatic heterocycles. The molecule has 0 radical (unpaired) electrons. The predicted octanol–water partition coefficient (Wildman–Crippen LogP) is 6.50. The predicted molar refractivity (Wildman–Crippen MR) is 119 cm³/mol. The zero-order chi connectivity index (χ0) is 21.2. The summed E-state index contributed by atoms with van der Waals surface area (Å²) >= 11 is 0. The molecule has 0 aliphatic rings. The number of hydrogen-bond acceptors (Lipinski definition) is 3. The van der Waals surface area contributed by atoms with Gasteiger partial charge in [-0.15, -0.1) is 0 Å². The lowest BCUT2D eigenvalue weighted by Gasteiger charge is -2.23. The maximum absolute atomic E-state index is 10.7. The van der Waals surface area contributed by atoms with Gasteiger partial charge in [0.2, 0.25) is 0 Å². The number of hydrogen-bond donors (Lipinski definition) is 2. The summed E-state index contributed by atoms with van der Waals surface area (Å²) in [6.45, 7) is 2.73. The molecule has 0 spiro atoms. The molecule has 1 rings (SSSR count). The van der Waals surface area contributed by atoms with E-state index < -0.39 is 12.1 Å². The van der Waals surface area contributed by atoms with Crippen LogP contribution >= 0.6 is 0 Å². The number of benzene rings is 1. The van der Waals surface area contributed by atoms with Crippen LogP contribution in [0.3, 0.4) is 0 Å². The van der Waals surface area contributed by atoms with E-state index in [1.807, 2.05) is 30.3 Å². The third-order valence-corrected chi connectivity index (χ3v) is 5.47. The number of unbranched alkanes of at least 4 members (excludes halogenated alkanes) is 9. The Kier molecular flexibility index (Phi) is 15.4. The molecule has 1 aromatic carbocycles. The van der Waals surface area contributed by atoms with Gasteiger partial charge in [-0.05, 0) is 24.8 Å². The molecule has 4 heteroatoms. The fourth-order valence-corrected chi connectivity index (χ4v) is 3.64. The van der Waals surface area contributed by atoms with Gasteiger partial charge in [-0.25, -0.2) is 0 Å². The van der Waals surface area contributed by atoms with Crippen LogP contribution in [0.5, 0.6) is 0 Å². The minimum absolute atomic E-state index is 0.180. The normalized spacial score (nSPS) is 13.3. The fourth-order valence-electron chi connectivity index (χ4n) is 3.64. The summed E-state index contributed by atoms with van der Waals surface area (Å²) in [6.07, 6.45) is 13.7. The van der Waals surface area contributed by atoms with Crippen LogP contribution < -0.4 is 0 Å². The van der Waals surface area contributed by atoms with Gasteiger partial charge in [0.15, 0.2) is 0 Å². The Labute approximate surface area is 177 Å². The molecule has 2 unspecified atom stereocenters. The number of carboxylic acid groups (broad SMARTS) is 1. The van der Waals surface area contributed by atoms with Crippen LogP contribution in [0.2, 0.25) is 0 Å². The Morgan fingerprint density at radius 2 is 1.45 bits per heavy atom. The van der Waals surface area contributed by atoms with Crippen molar-refractivity contribution in [3.05, 3.63) is 35.9 Å². The SMILES string of the molecule is CCCCCCCCCCCC(O)C(CCCCC(=O)O)OCc1ccccc1. The first-order valence-electron chi connectivity index (χ1n) is 11.7. The molecule has 0 heterocycles. The highest BCUT2D eigenvalue weighted by atomic mass is 16.5. The Bertz CT molecular complexity index is 503. The van der Waals surface area contributed by atoms with E-state index in [4.69, 9.17) is 9.84 Å². The Morgan fingerprint density at radius 1 is 0.862 bits per heavy atom. The van der Waals surface area contributed by atoms with Crippen molar-refractivity contribution in [1.29, 1.82) is 0 Å². The first kappa shape index (κ1) is 25.6. The molecular formula is C25H42O4. The molecule has 4 nitrogen and oxygen atoms in total. The van der Waals surface area contributed by atoms with Gasteiger partial charge >= 0.3 is 5.97 Å². The lowest BCUT2D eigenvalue weighted by molar-refractivity contribution is -0.137. The molecule has 166 valence electrons. The second-order valence-electron chi connectivity index (χ2n) is 8.16. The van der Waals surface area contributed by atoms with Crippen LogP contribution in [-0.2, 0) is 16.1 Å². The summed E-state index contributed by atoms with van der Waals surface area (Å²) in [7, 11) is 0. The summed E-state index contributed by atoms with van der Waals surface area (Å²) in [5.74, 6) is -0.762. The first-order valence-corrected chi connectivity index (χ1v) is 11.7. The highest BCUT2D eigenvalue weighted by molar-refractivity contribution is 5.66. The average Bonchev–Trinajstić information content (AvgIpc) is 2.72. The van der Waals surface area contributed by atoms with E-state index in [-0.39, 0.29) is 12.5 Å². The van der Waals surface area contributed by atoms with Crippen LogP contribution in [0.4, 0.5) is 0 Å². The third-order valence-electron chi connectivity index (χ3n) is 5.47. The van der Waals surface area contributed by atoms with E-state index in [1.165, 1.54) is 44.9 Å². The van der Waals surface area contributed by atoms with Crippen molar-refractivity contribution in [2.24, 2.45) is 0 Å². The number of carbonyl (C=O) groups is 1. The number of ether oxygens (including phenoxy) is 1. The molecule has 0 fully saturated rings. The van der Waals surface area contributed by atoms with Crippen molar-refractivity contribution >= 4 is 5.97 Å². The minimum Gasteiger partial charge on any atom is -0.481 e. The van der Waals surface area contributed by atoms with Gasteiger partial charge in [0, 0.05) is 6.42 Å². The van der Waals surface area contributed by atoms with Gasteiger partial charge in [-0.3, -0.25) is 4.79 Å². The zero-order valence-electron chi connectivity index (χ0n) is 18.4. The summed E-state index contributed by atoms with van der Waals surface area (Å²) < 4.78 is 6.03. The monoisotopic (exact) mass is 406 g/mol. The molecular weight excluding hydrogens is 364 g/mol. The largest absolute Gasteiger partial charge is 0.481 e. The first-order chi connectivity index (χ1) is 14.1. The summed E-state index contributed by atoms with van der Waals surface area (Å²) in [5.41, 5.74) is 1.10. The van der Waals surface area contributed by atoms with Gasteiger partial charge in [0.05, 0.1) is 18.8 Å².